The fourth-order valence-electron chi connectivity index (χ4n) is 6.52. The second-order valence-electron chi connectivity index (χ2n) is 10.1. The summed E-state index contributed by atoms with van der Waals surface area (Å²) in [4.78, 5) is 44.8. The summed E-state index contributed by atoms with van der Waals surface area (Å²) in [7, 11) is 0. The van der Waals surface area contributed by atoms with Crippen LogP contribution in [0.2, 0.25) is 0 Å². The fourth-order valence-corrected chi connectivity index (χ4v) is 8.92. The van der Waals surface area contributed by atoms with E-state index in [1.165, 1.54) is 6.08 Å². The smallest absolute Gasteiger partial charge is 0.311 e. The molecule has 10 nitrogen and oxygen atoms in total. The minimum atomic E-state index is -0.788. The van der Waals surface area contributed by atoms with E-state index in [9.17, 15) is 19.5 Å². The Hall–Kier alpha value is -3.18. The number of rotatable bonds is 11. The maximum atomic E-state index is 14.5. The van der Waals surface area contributed by atoms with E-state index in [0.29, 0.717) is 6.42 Å². The largest absolute Gasteiger partial charge is 0.461 e. The zero-order chi connectivity index (χ0) is 27.0. The number of esters is 1. The van der Waals surface area contributed by atoms with Gasteiger partial charge in [0, 0.05) is 24.9 Å². The molecule has 1 aromatic carbocycles. The average molecular weight is 540 g/mol. The fraction of sp³-hybridized carbons (Fsp3) is 0.519. The zero-order valence-electron chi connectivity index (χ0n) is 21.4. The number of carbonyl (C=O) groups excluding carboxylic acids is 3. The van der Waals surface area contributed by atoms with Crippen molar-refractivity contribution in [2.24, 2.45) is 17.8 Å². The van der Waals surface area contributed by atoms with Gasteiger partial charge in [0.25, 0.3) is 0 Å². The molecule has 3 fully saturated rings. The number of carbonyl (C=O) groups is 3. The number of aliphatic hydroxyl groups is 1. The van der Waals surface area contributed by atoms with Crippen LogP contribution in [0.25, 0.3) is 11.0 Å². The first-order valence-corrected chi connectivity index (χ1v) is 13.8. The van der Waals surface area contributed by atoms with E-state index in [4.69, 9.17) is 4.74 Å². The van der Waals surface area contributed by atoms with Gasteiger partial charge in [0.1, 0.15) is 24.8 Å². The van der Waals surface area contributed by atoms with Crippen LogP contribution in [0.1, 0.15) is 19.8 Å². The summed E-state index contributed by atoms with van der Waals surface area (Å²) in [5.41, 5.74) is 1.51. The number of benzene rings is 1. The SMILES string of the molecule is C=CCOC(=O)[C@@H]1[C@H]2C(=O)N(CCCO)C(C(=O)N(CC=C)Cn3nnc4ccccc43)C23S[C@@H]1CC3C. The van der Waals surface area contributed by atoms with Crippen LogP contribution < -0.4 is 0 Å². The molecule has 5 rings (SSSR count). The lowest BCUT2D eigenvalue weighted by Gasteiger charge is -2.40. The molecule has 4 heterocycles. The van der Waals surface area contributed by atoms with Crippen LogP contribution in [0.5, 0.6) is 0 Å². The third-order valence-corrected chi connectivity index (χ3v) is 10.1. The summed E-state index contributed by atoms with van der Waals surface area (Å²) in [6.07, 6.45) is 4.21. The van der Waals surface area contributed by atoms with Gasteiger partial charge in [-0.05, 0) is 30.9 Å². The Bertz CT molecular complexity index is 1270. The van der Waals surface area contributed by atoms with Crippen LogP contribution in [-0.4, -0.2) is 90.0 Å². The van der Waals surface area contributed by atoms with Gasteiger partial charge in [-0.25, -0.2) is 4.68 Å². The van der Waals surface area contributed by atoms with E-state index in [1.54, 1.807) is 32.3 Å². The lowest BCUT2D eigenvalue weighted by atomic mass is 9.66. The lowest BCUT2D eigenvalue weighted by molar-refractivity contribution is -0.153. The van der Waals surface area contributed by atoms with Crippen molar-refractivity contribution in [3.05, 3.63) is 49.6 Å². The zero-order valence-corrected chi connectivity index (χ0v) is 22.3. The van der Waals surface area contributed by atoms with Crippen molar-refractivity contribution in [2.45, 2.75) is 42.5 Å². The molecule has 0 radical (unpaired) electrons. The standard InChI is InChI=1S/C27H33N5O5S/c1-4-11-30(16-32-19-10-7-6-9-18(19)28-29-32)25(35)23-27-17(3)15-20(38-27)21(26(36)37-14-5-2)22(27)24(34)31(23)12-8-13-33/h4-7,9-10,17,20-23,33H,1-2,8,11-16H2,3H3/t17?,20-,21+,22+,23?,27?/m1/s1. The van der Waals surface area contributed by atoms with Gasteiger partial charge in [0.2, 0.25) is 11.8 Å². The summed E-state index contributed by atoms with van der Waals surface area (Å²) in [5, 5.41) is 17.9. The molecule has 1 N–H and O–H groups in total. The van der Waals surface area contributed by atoms with Crippen molar-refractivity contribution in [2.75, 3.05) is 26.3 Å². The van der Waals surface area contributed by atoms with Crippen LogP contribution in [-0.2, 0) is 25.8 Å². The molecule has 0 saturated carbocycles. The molecular weight excluding hydrogens is 506 g/mol. The Labute approximate surface area is 225 Å². The van der Waals surface area contributed by atoms with Crippen LogP contribution in [0.4, 0.5) is 0 Å². The molecule has 3 aliphatic heterocycles. The van der Waals surface area contributed by atoms with E-state index in [1.807, 2.05) is 24.3 Å². The molecule has 2 amide bonds. The number of thioether (sulfide) groups is 1. The number of fused-ring (bicyclic) bond motifs is 2. The quantitative estimate of drug-likeness (QED) is 0.340. The number of hydrogen-bond acceptors (Lipinski definition) is 8. The molecule has 1 spiro atoms. The van der Waals surface area contributed by atoms with E-state index in [-0.39, 0.29) is 56.0 Å². The van der Waals surface area contributed by atoms with E-state index < -0.39 is 28.6 Å². The summed E-state index contributed by atoms with van der Waals surface area (Å²) < 4.78 is 6.31. The van der Waals surface area contributed by atoms with Crippen molar-refractivity contribution < 1.29 is 24.2 Å². The van der Waals surface area contributed by atoms with Crippen LogP contribution >= 0.6 is 11.8 Å². The van der Waals surface area contributed by atoms with Gasteiger partial charge in [0.05, 0.1) is 22.1 Å². The Morgan fingerprint density at radius 2 is 2.11 bits per heavy atom. The molecule has 202 valence electrons. The summed E-state index contributed by atoms with van der Waals surface area (Å²) in [5.74, 6) is -2.11. The molecule has 0 aliphatic carbocycles. The Morgan fingerprint density at radius 3 is 2.84 bits per heavy atom. The third-order valence-electron chi connectivity index (χ3n) is 8.04. The van der Waals surface area contributed by atoms with Crippen LogP contribution in [0, 0.1) is 17.8 Å². The molecule has 2 aromatic rings. The van der Waals surface area contributed by atoms with Gasteiger partial charge in [-0.1, -0.05) is 43.0 Å². The third kappa shape index (κ3) is 4.03. The highest BCUT2D eigenvalue weighted by molar-refractivity contribution is 8.02. The van der Waals surface area contributed by atoms with Gasteiger partial charge in [-0.15, -0.1) is 23.4 Å². The van der Waals surface area contributed by atoms with Crippen molar-refractivity contribution in [1.29, 1.82) is 0 Å². The number of para-hydroxylation sites is 1. The molecule has 1 aromatic heterocycles. The van der Waals surface area contributed by atoms with Gasteiger partial charge in [-0.3, -0.25) is 14.4 Å². The molecule has 6 atom stereocenters. The maximum absolute atomic E-state index is 14.5. The first-order valence-electron chi connectivity index (χ1n) is 12.9. The van der Waals surface area contributed by atoms with Gasteiger partial charge in [0.15, 0.2) is 0 Å². The molecule has 3 saturated heterocycles. The number of nitrogens with zero attached hydrogens (tertiary/aromatic N) is 5. The second-order valence-corrected chi connectivity index (χ2v) is 11.7. The predicted molar refractivity (Wildman–Crippen MR) is 143 cm³/mol. The minimum absolute atomic E-state index is 0.0285. The normalized spacial score (nSPS) is 29.5. The summed E-state index contributed by atoms with van der Waals surface area (Å²) in [6, 6.07) is 6.73. The summed E-state index contributed by atoms with van der Waals surface area (Å²) >= 11 is 1.59. The minimum Gasteiger partial charge on any atom is -0.461 e. The first-order chi connectivity index (χ1) is 18.4. The van der Waals surface area contributed by atoms with Crippen molar-refractivity contribution in [3.8, 4) is 0 Å². The molecule has 38 heavy (non-hydrogen) atoms. The number of hydrogen-bond donors (Lipinski definition) is 1. The second kappa shape index (κ2) is 10.5. The first kappa shape index (κ1) is 26.4. The number of amides is 2. The van der Waals surface area contributed by atoms with E-state index >= 15 is 0 Å². The number of likely N-dealkylation sites (tertiary alicyclic amines) is 1. The number of aliphatic hydroxyl groups excluding tert-OH is 1. The Morgan fingerprint density at radius 1 is 1.32 bits per heavy atom. The topological polar surface area (TPSA) is 118 Å². The molecule has 2 bridgehead atoms. The monoisotopic (exact) mass is 539 g/mol. The van der Waals surface area contributed by atoms with E-state index in [0.717, 1.165) is 17.5 Å². The van der Waals surface area contributed by atoms with Crippen LogP contribution in [0.15, 0.2) is 49.6 Å². The summed E-state index contributed by atoms with van der Waals surface area (Å²) in [6.45, 7) is 10.1. The maximum Gasteiger partial charge on any atom is 0.311 e. The lowest BCUT2D eigenvalue weighted by Crippen LogP contribution is -2.57. The average Bonchev–Trinajstić information content (AvgIpc) is 3.63. The number of ether oxygens (including phenoxy) is 1. The highest BCUT2D eigenvalue weighted by Crippen LogP contribution is 2.68. The molecule has 3 aliphatic rings. The van der Waals surface area contributed by atoms with E-state index in [2.05, 4.69) is 30.4 Å². The molecule has 3 unspecified atom stereocenters. The molecule has 11 heteroatoms. The Balaban J connectivity index is 1.53. The van der Waals surface area contributed by atoms with Crippen molar-refractivity contribution in [3.63, 3.8) is 0 Å². The Kier molecular flexibility index (Phi) is 7.32. The van der Waals surface area contributed by atoms with Gasteiger partial charge >= 0.3 is 5.97 Å². The van der Waals surface area contributed by atoms with Crippen molar-refractivity contribution in [1.82, 2.24) is 24.8 Å². The highest BCUT2D eigenvalue weighted by Gasteiger charge is 2.76. The molecular formula is C27H33N5O5S. The highest BCUT2D eigenvalue weighted by atomic mass is 32.2. The van der Waals surface area contributed by atoms with Crippen LogP contribution in [0.3, 0.4) is 0 Å². The van der Waals surface area contributed by atoms with Gasteiger partial charge in [-0.2, -0.15) is 0 Å². The van der Waals surface area contributed by atoms with Crippen molar-refractivity contribution >= 4 is 40.6 Å². The predicted octanol–water partition coefficient (Wildman–Crippen LogP) is 1.85. The van der Waals surface area contributed by atoms with Gasteiger partial charge < -0.3 is 19.6 Å². The number of aromatic nitrogens is 3.